The number of cyclic esters (lactones) is 1. The largest absolute Gasteiger partial charge is 0.493 e. The molecule has 1 aromatic carbocycles. The Balaban J connectivity index is 0.00000101. The van der Waals surface area contributed by atoms with Crippen molar-refractivity contribution >= 4 is 30.1 Å². The lowest BCUT2D eigenvalue weighted by atomic mass is 9.92. The van der Waals surface area contributed by atoms with Crippen LogP contribution >= 0.6 is 11.6 Å². The second-order valence-corrected chi connectivity index (χ2v) is 7.37. The molecule has 0 saturated carbocycles. The summed E-state index contributed by atoms with van der Waals surface area (Å²) in [7, 11) is 1.51. The summed E-state index contributed by atoms with van der Waals surface area (Å²) >= 11 is 6.33. The number of piperazine rings is 1. The third-order valence-corrected chi connectivity index (χ3v) is 5.41. The fourth-order valence-corrected chi connectivity index (χ4v) is 3.98. The molecular formula is C19H26ClN3O7. The van der Waals surface area contributed by atoms with Gasteiger partial charge < -0.3 is 25.1 Å². The minimum absolute atomic E-state index is 0.225. The van der Waals surface area contributed by atoms with Crippen LogP contribution in [0.2, 0.25) is 5.02 Å². The number of hydrogen-bond donors (Lipinski definition) is 2. The van der Waals surface area contributed by atoms with E-state index in [0.29, 0.717) is 36.2 Å². The fraction of sp³-hybridized carbons (Fsp3) is 0.526. The van der Waals surface area contributed by atoms with E-state index in [-0.39, 0.29) is 24.7 Å². The van der Waals surface area contributed by atoms with E-state index in [4.69, 9.17) is 41.4 Å². The summed E-state index contributed by atoms with van der Waals surface area (Å²) in [6.45, 7) is 4.73. The maximum absolute atomic E-state index is 11.9. The van der Waals surface area contributed by atoms with Gasteiger partial charge >= 0.3 is 6.09 Å². The van der Waals surface area contributed by atoms with Crippen molar-refractivity contribution in [1.29, 1.82) is 0 Å². The van der Waals surface area contributed by atoms with E-state index in [1.165, 1.54) is 7.11 Å². The minimum atomic E-state index is -0.590. The molecule has 3 rings (SSSR count). The van der Waals surface area contributed by atoms with Gasteiger partial charge in [-0.3, -0.25) is 19.4 Å². The van der Waals surface area contributed by atoms with E-state index in [1.807, 2.05) is 11.0 Å². The summed E-state index contributed by atoms with van der Waals surface area (Å²) in [5.41, 5.74) is 5.80. The maximum Gasteiger partial charge on any atom is 0.410 e. The number of hydrogen-bond acceptors (Lipinski definition) is 7. The average molecular weight is 444 g/mol. The minimum Gasteiger partial charge on any atom is -0.493 e. The summed E-state index contributed by atoms with van der Waals surface area (Å²) in [5, 5.41) is 7.24. The highest BCUT2D eigenvalue weighted by Crippen LogP contribution is 2.37. The number of carbonyl (C=O) groups is 3. The SMILES string of the molecule is CCC12COC(=O)N1CCN(Cc1cc(Cl)c(OCC(N)=O)c(OC)c1)C2.O=CO. The molecule has 1 unspecified atom stereocenters. The summed E-state index contributed by atoms with van der Waals surface area (Å²) < 4.78 is 16.0. The van der Waals surface area contributed by atoms with E-state index in [0.717, 1.165) is 25.1 Å². The van der Waals surface area contributed by atoms with Crippen LogP contribution in [0.4, 0.5) is 4.79 Å². The van der Waals surface area contributed by atoms with Crippen LogP contribution in [0.3, 0.4) is 0 Å². The van der Waals surface area contributed by atoms with Crippen LogP contribution in [-0.2, 0) is 20.9 Å². The summed E-state index contributed by atoms with van der Waals surface area (Å²) in [5.74, 6) is 0.154. The highest BCUT2D eigenvalue weighted by atomic mass is 35.5. The van der Waals surface area contributed by atoms with Crippen LogP contribution in [0.5, 0.6) is 11.5 Å². The van der Waals surface area contributed by atoms with Crippen LogP contribution < -0.4 is 15.2 Å². The van der Waals surface area contributed by atoms with Gasteiger partial charge in [0.05, 0.1) is 17.7 Å². The van der Waals surface area contributed by atoms with Crippen molar-refractivity contribution in [3.8, 4) is 11.5 Å². The Kier molecular flexibility index (Phi) is 8.13. The predicted molar refractivity (Wildman–Crippen MR) is 108 cm³/mol. The number of benzene rings is 1. The van der Waals surface area contributed by atoms with E-state index in [2.05, 4.69) is 11.8 Å². The zero-order valence-corrected chi connectivity index (χ0v) is 17.7. The van der Waals surface area contributed by atoms with Gasteiger partial charge in [0.15, 0.2) is 18.1 Å². The van der Waals surface area contributed by atoms with Gasteiger partial charge in [-0.2, -0.15) is 0 Å². The third kappa shape index (κ3) is 5.25. The van der Waals surface area contributed by atoms with E-state index >= 15 is 0 Å². The van der Waals surface area contributed by atoms with E-state index < -0.39 is 5.91 Å². The van der Waals surface area contributed by atoms with Gasteiger partial charge in [-0.15, -0.1) is 0 Å². The van der Waals surface area contributed by atoms with Crippen molar-refractivity contribution in [2.24, 2.45) is 5.73 Å². The number of nitrogens with zero attached hydrogens (tertiary/aromatic N) is 2. The normalized spacial score (nSPS) is 20.5. The van der Waals surface area contributed by atoms with Gasteiger partial charge in [-0.05, 0) is 24.1 Å². The summed E-state index contributed by atoms with van der Waals surface area (Å²) in [4.78, 5) is 35.4. The molecule has 1 aromatic rings. The van der Waals surface area contributed by atoms with Crippen molar-refractivity contribution in [3.63, 3.8) is 0 Å². The van der Waals surface area contributed by atoms with Crippen LogP contribution in [-0.4, -0.2) is 78.9 Å². The molecule has 30 heavy (non-hydrogen) atoms. The summed E-state index contributed by atoms with van der Waals surface area (Å²) in [6.07, 6.45) is 0.608. The Morgan fingerprint density at radius 3 is 2.73 bits per heavy atom. The molecule has 166 valence electrons. The molecule has 0 aromatic heterocycles. The van der Waals surface area contributed by atoms with Crippen LogP contribution in [0.1, 0.15) is 18.9 Å². The number of ether oxygens (including phenoxy) is 3. The Morgan fingerprint density at radius 1 is 1.43 bits per heavy atom. The van der Waals surface area contributed by atoms with E-state index in [1.54, 1.807) is 6.07 Å². The number of fused-ring (bicyclic) bond motifs is 1. The zero-order chi connectivity index (χ0) is 22.3. The number of carbonyl (C=O) groups excluding carboxylic acids is 2. The molecule has 0 spiro atoms. The molecule has 0 radical (unpaired) electrons. The van der Waals surface area contributed by atoms with Gasteiger partial charge in [0.1, 0.15) is 6.61 Å². The quantitative estimate of drug-likeness (QED) is 0.603. The van der Waals surface area contributed by atoms with Gasteiger partial charge in [0.25, 0.3) is 12.4 Å². The first-order chi connectivity index (χ1) is 14.3. The Labute approximate surface area is 179 Å². The van der Waals surface area contributed by atoms with Gasteiger partial charge in [-0.1, -0.05) is 18.5 Å². The lowest BCUT2D eigenvalue weighted by Gasteiger charge is -2.44. The molecule has 11 heteroatoms. The first kappa shape index (κ1) is 23.6. The topological polar surface area (TPSA) is 132 Å². The van der Waals surface area contributed by atoms with Crippen molar-refractivity contribution in [2.75, 3.05) is 40.0 Å². The molecule has 10 nitrogen and oxygen atoms in total. The van der Waals surface area contributed by atoms with Crippen molar-refractivity contribution in [3.05, 3.63) is 22.7 Å². The average Bonchev–Trinajstić information content (AvgIpc) is 3.04. The van der Waals surface area contributed by atoms with Crippen molar-refractivity contribution in [1.82, 2.24) is 9.80 Å². The Morgan fingerprint density at radius 2 is 2.13 bits per heavy atom. The van der Waals surface area contributed by atoms with Crippen LogP contribution in [0.15, 0.2) is 12.1 Å². The van der Waals surface area contributed by atoms with Crippen molar-refractivity contribution < 1.29 is 33.7 Å². The van der Waals surface area contributed by atoms with Crippen LogP contribution in [0.25, 0.3) is 0 Å². The molecule has 2 fully saturated rings. The Bertz CT molecular complexity index is 792. The molecule has 2 amide bonds. The molecule has 2 aliphatic heterocycles. The predicted octanol–water partition coefficient (Wildman–Crippen LogP) is 1.33. The van der Waals surface area contributed by atoms with Crippen molar-refractivity contribution in [2.45, 2.75) is 25.4 Å². The standard InChI is InChI=1S/C18H24ClN3O5.CH2O2/c1-3-18-10-21(4-5-22(18)17(24)27-11-18)8-12-6-13(19)16(14(7-12)25-2)26-9-15(20)23;2-1-3/h6-7H,3-5,8-11H2,1-2H3,(H2,20,23);1H,(H,2,3). The monoisotopic (exact) mass is 443 g/mol. The molecule has 0 bridgehead atoms. The van der Waals surface area contributed by atoms with Gasteiger partial charge in [-0.25, -0.2) is 4.79 Å². The number of carboxylic acid groups (broad SMARTS) is 1. The van der Waals surface area contributed by atoms with E-state index in [9.17, 15) is 9.59 Å². The van der Waals surface area contributed by atoms with Gasteiger partial charge in [0.2, 0.25) is 0 Å². The molecule has 2 saturated heterocycles. The second kappa shape index (κ2) is 10.4. The first-order valence-electron chi connectivity index (χ1n) is 9.32. The number of methoxy groups -OCH3 is 1. The third-order valence-electron chi connectivity index (χ3n) is 5.13. The maximum atomic E-state index is 11.9. The zero-order valence-electron chi connectivity index (χ0n) is 16.9. The number of rotatable bonds is 7. The fourth-order valence-electron chi connectivity index (χ4n) is 3.69. The molecule has 3 N–H and O–H groups in total. The lowest BCUT2D eigenvalue weighted by molar-refractivity contribution is -0.123. The first-order valence-corrected chi connectivity index (χ1v) is 9.70. The molecule has 2 heterocycles. The number of halogens is 1. The molecule has 1 atom stereocenters. The highest BCUT2D eigenvalue weighted by Gasteiger charge is 2.49. The number of primary amides is 1. The summed E-state index contributed by atoms with van der Waals surface area (Å²) in [6, 6.07) is 3.63. The number of nitrogens with two attached hydrogens (primary N) is 1. The Hall–Kier alpha value is -2.72. The number of amides is 2. The van der Waals surface area contributed by atoms with Gasteiger partial charge in [0, 0.05) is 26.2 Å². The highest BCUT2D eigenvalue weighted by molar-refractivity contribution is 6.32. The molecule has 0 aliphatic carbocycles. The lowest BCUT2D eigenvalue weighted by Crippen LogP contribution is -2.60. The molecular weight excluding hydrogens is 418 g/mol. The van der Waals surface area contributed by atoms with Crippen LogP contribution in [0, 0.1) is 0 Å². The molecule has 2 aliphatic rings. The smallest absolute Gasteiger partial charge is 0.410 e. The second-order valence-electron chi connectivity index (χ2n) is 6.96.